The highest BCUT2D eigenvalue weighted by molar-refractivity contribution is 5.58. The van der Waals surface area contributed by atoms with Crippen molar-refractivity contribution in [2.75, 3.05) is 11.9 Å². The lowest BCUT2D eigenvalue weighted by atomic mass is 9.70. The molecule has 19 heavy (non-hydrogen) atoms. The smallest absolute Gasteiger partial charge is 0.122 e. The molecule has 0 spiro atoms. The molecule has 1 unspecified atom stereocenters. The predicted molar refractivity (Wildman–Crippen MR) is 79.9 cm³/mol. The van der Waals surface area contributed by atoms with E-state index in [1.165, 1.54) is 30.5 Å². The van der Waals surface area contributed by atoms with Crippen LogP contribution in [0.5, 0.6) is 5.75 Å². The first-order chi connectivity index (χ1) is 8.96. The number of benzene rings is 1. The topological polar surface area (TPSA) is 21.3 Å². The van der Waals surface area contributed by atoms with Gasteiger partial charge in [0.25, 0.3) is 0 Å². The average Bonchev–Trinajstić information content (AvgIpc) is 2.73. The van der Waals surface area contributed by atoms with Crippen LogP contribution in [0, 0.1) is 5.41 Å². The summed E-state index contributed by atoms with van der Waals surface area (Å²) in [4.78, 5) is 0. The lowest BCUT2D eigenvalue weighted by Gasteiger charge is -2.42. The zero-order valence-electron chi connectivity index (χ0n) is 12.4. The fourth-order valence-electron chi connectivity index (χ4n) is 3.84. The van der Waals surface area contributed by atoms with Crippen LogP contribution in [0.4, 0.5) is 5.69 Å². The Kier molecular flexibility index (Phi) is 2.99. The van der Waals surface area contributed by atoms with E-state index in [0.29, 0.717) is 5.41 Å². The van der Waals surface area contributed by atoms with Crippen LogP contribution < -0.4 is 10.1 Å². The van der Waals surface area contributed by atoms with Gasteiger partial charge in [0.05, 0.1) is 0 Å². The second-order valence-electron chi connectivity index (χ2n) is 7.24. The minimum absolute atomic E-state index is 0.00537. The second-order valence-corrected chi connectivity index (χ2v) is 7.24. The zero-order valence-corrected chi connectivity index (χ0v) is 12.4. The first-order valence-corrected chi connectivity index (χ1v) is 7.52. The van der Waals surface area contributed by atoms with Crippen molar-refractivity contribution in [2.45, 2.75) is 58.5 Å². The molecule has 0 bridgehead atoms. The maximum atomic E-state index is 6.36. The van der Waals surface area contributed by atoms with Crippen LogP contribution in [0.15, 0.2) is 18.2 Å². The first-order valence-electron chi connectivity index (χ1n) is 7.52. The Morgan fingerprint density at radius 1 is 1.16 bits per heavy atom. The standard InChI is InChI=1S/C17H25NO/c1-16(2)8-4-9-17(3,12-16)19-14-6-5-13-7-10-18-15(13)11-14/h5-6,11,18H,4,7-10,12H2,1-3H3. The summed E-state index contributed by atoms with van der Waals surface area (Å²) in [5, 5.41) is 3.43. The first kappa shape index (κ1) is 12.8. The molecule has 0 saturated heterocycles. The molecule has 2 aliphatic rings. The van der Waals surface area contributed by atoms with Crippen molar-refractivity contribution >= 4 is 5.69 Å². The lowest BCUT2D eigenvalue weighted by molar-refractivity contribution is -0.00132. The quantitative estimate of drug-likeness (QED) is 0.850. The minimum Gasteiger partial charge on any atom is -0.487 e. The number of ether oxygens (including phenoxy) is 1. The van der Waals surface area contributed by atoms with E-state index in [1.54, 1.807) is 0 Å². The van der Waals surface area contributed by atoms with Crippen molar-refractivity contribution < 1.29 is 4.74 Å². The van der Waals surface area contributed by atoms with Gasteiger partial charge in [0.1, 0.15) is 11.4 Å². The van der Waals surface area contributed by atoms with Crippen molar-refractivity contribution in [1.29, 1.82) is 0 Å². The van der Waals surface area contributed by atoms with Gasteiger partial charge in [-0.2, -0.15) is 0 Å². The normalized spacial score (nSPS) is 28.6. The molecule has 1 aromatic carbocycles. The van der Waals surface area contributed by atoms with Gasteiger partial charge < -0.3 is 10.1 Å². The van der Waals surface area contributed by atoms with Crippen LogP contribution in [-0.4, -0.2) is 12.1 Å². The molecule has 104 valence electrons. The Morgan fingerprint density at radius 3 is 2.79 bits per heavy atom. The van der Waals surface area contributed by atoms with Crippen LogP contribution in [0.1, 0.15) is 52.0 Å². The van der Waals surface area contributed by atoms with E-state index in [9.17, 15) is 0 Å². The van der Waals surface area contributed by atoms with Crippen molar-refractivity contribution in [3.8, 4) is 5.75 Å². The lowest BCUT2D eigenvalue weighted by Crippen LogP contribution is -2.41. The zero-order chi connectivity index (χ0) is 13.5. The van der Waals surface area contributed by atoms with Crippen LogP contribution >= 0.6 is 0 Å². The number of fused-ring (bicyclic) bond motifs is 1. The highest BCUT2D eigenvalue weighted by Crippen LogP contribution is 2.43. The van der Waals surface area contributed by atoms with Crippen molar-refractivity contribution in [3.05, 3.63) is 23.8 Å². The van der Waals surface area contributed by atoms with Crippen LogP contribution in [0.2, 0.25) is 0 Å². The average molecular weight is 259 g/mol. The third-order valence-corrected chi connectivity index (χ3v) is 4.57. The minimum atomic E-state index is -0.00537. The Hall–Kier alpha value is -1.18. The van der Waals surface area contributed by atoms with Crippen LogP contribution in [0.3, 0.4) is 0 Å². The maximum absolute atomic E-state index is 6.36. The third-order valence-electron chi connectivity index (χ3n) is 4.57. The van der Waals surface area contributed by atoms with Gasteiger partial charge in [-0.15, -0.1) is 0 Å². The van der Waals surface area contributed by atoms with Crippen molar-refractivity contribution in [2.24, 2.45) is 5.41 Å². The Labute approximate surface area is 116 Å². The van der Waals surface area contributed by atoms with Crippen molar-refractivity contribution in [3.63, 3.8) is 0 Å². The molecule has 1 aliphatic heterocycles. The summed E-state index contributed by atoms with van der Waals surface area (Å²) in [6.07, 6.45) is 6.04. The van der Waals surface area contributed by atoms with Gasteiger partial charge in [0.15, 0.2) is 0 Å². The van der Waals surface area contributed by atoms with Crippen LogP contribution in [0.25, 0.3) is 0 Å². The number of hydrogen-bond donors (Lipinski definition) is 1. The summed E-state index contributed by atoms with van der Waals surface area (Å²) in [5.74, 6) is 1.02. The molecular weight excluding hydrogens is 234 g/mol. The van der Waals surface area contributed by atoms with E-state index in [0.717, 1.165) is 25.1 Å². The number of anilines is 1. The predicted octanol–water partition coefficient (Wildman–Crippen LogP) is 4.39. The Balaban J connectivity index is 1.77. The number of rotatable bonds is 2. The maximum Gasteiger partial charge on any atom is 0.122 e. The summed E-state index contributed by atoms with van der Waals surface area (Å²) in [5.41, 5.74) is 3.08. The van der Waals surface area contributed by atoms with E-state index in [4.69, 9.17) is 4.74 Å². The molecule has 2 heteroatoms. The summed E-state index contributed by atoms with van der Waals surface area (Å²) < 4.78 is 6.36. The fraction of sp³-hybridized carbons (Fsp3) is 0.647. The second kappa shape index (κ2) is 4.43. The van der Waals surface area contributed by atoms with Gasteiger partial charge in [-0.05, 0) is 56.1 Å². The summed E-state index contributed by atoms with van der Waals surface area (Å²) >= 11 is 0. The molecule has 1 saturated carbocycles. The van der Waals surface area contributed by atoms with E-state index >= 15 is 0 Å². The third kappa shape index (κ3) is 2.72. The van der Waals surface area contributed by atoms with Gasteiger partial charge in [-0.3, -0.25) is 0 Å². The van der Waals surface area contributed by atoms with E-state index < -0.39 is 0 Å². The monoisotopic (exact) mass is 259 g/mol. The molecule has 1 aliphatic carbocycles. The highest BCUT2D eigenvalue weighted by Gasteiger charge is 2.38. The van der Waals surface area contributed by atoms with E-state index in [-0.39, 0.29) is 5.60 Å². The molecule has 1 atom stereocenters. The molecule has 3 rings (SSSR count). The van der Waals surface area contributed by atoms with Gasteiger partial charge in [-0.25, -0.2) is 0 Å². The molecule has 1 aromatic rings. The van der Waals surface area contributed by atoms with E-state index in [1.807, 2.05) is 0 Å². The van der Waals surface area contributed by atoms with Crippen molar-refractivity contribution in [1.82, 2.24) is 0 Å². The summed E-state index contributed by atoms with van der Waals surface area (Å²) in [6, 6.07) is 6.52. The summed E-state index contributed by atoms with van der Waals surface area (Å²) in [7, 11) is 0. The van der Waals surface area contributed by atoms with Crippen LogP contribution in [-0.2, 0) is 6.42 Å². The molecule has 1 heterocycles. The molecule has 0 amide bonds. The van der Waals surface area contributed by atoms with Gasteiger partial charge in [0.2, 0.25) is 0 Å². The highest BCUT2D eigenvalue weighted by atomic mass is 16.5. The Morgan fingerprint density at radius 2 is 2.00 bits per heavy atom. The van der Waals surface area contributed by atoms with Gasteiger partial charge >= 0.3 is 0 Å². The summed E-state index contributed by atoms with van der Waals surface area (Å²) in [6.45, 7) is 8.05. The molecule has 1 N–H and O–H groups in total. The fourth-order valence-corrected chi connectivity index (χ4v) is 3.84. The number of hydrogen-bond acceptors (Lipinski definition) is 2. The van der Waals surface area contributed by atoms with E-state index in [2.05, 4.69) is 44.3 Å². The number of nitrogens with one attached hydrogen (secondary N) is 1. The Bertz CT molecular complexity index is 480. The molecule has 1 fully saturated rings. The molecule has 0 radical (unpaired) electrons. The molecule has 2 nitrogen and oxygen atoms in total. The van der Waals surface area contributed by atoms with Gasteiger partial charge in [0, 0.05) is 18.3 Å². The van der Waals surface area contributed by atoms with Gasteiger partial charge in [-0.1, -0.05) is 19.9 Å². The largest absolute Gasteiger partial charge is 0.487 e. The SMILES string of the molecule is CC1(C)CCCC(C)(Oc2ccc3c(c2)NCC3)C1. The molecule has 0 aromatic heterocycles. The molecular formula is C17H25NO.